The molecular formula is C18H18N2O2. The molecule has 0 fully saturated rings. The van der Waals surface area contributed by atoms with E-state index in [9.17, 15) is 9.59 Å². The van der Waals surface area contributed by atoms with Crippen molar-refractivity contribution < 1.29 is 0 Å². The minimum Gasteiger partial charge on any atom is -0.300 e. The zero-order valence-corrected chi connectivity index (χ0v) is 12.9. The lowest BCUT2D eigenvalue weighted by atomic mass is 9.95. The Labute approximate surface area is 128 Å². The summed E-state index contributed by atoms with van der Waals surface area (Å²) in [6.45, 7) is 2.01. The lowest BCUT2D eigenvalue weighted by molar-refractivity contribution is 0.634. The average Bonchev–Trinajstić information content (AvgIpc) is 2.55. The first-order valence-corrected chi connectivity index (χ1v) is 7.24. The van der Waals surface area contributed by atoms with Crippen LogP contribution in [0.1, 0.15) is 24.1 Å². The number of hydrogen-bond donors (Lipinski definition) is 0. The maximum atomic E-state index is 12.1. The van der Waals surface area contributed by atoms with Gasteiger partial charge in [-0.15, -0.1) is 0 Å². The fourth-order valence-electron chi connectivity index (χ4n) is 2.81. The van der Waals surface area contributed by atoms with Crippen molar-refractivity contribution >= 4 is 10.8 Å². The Bertz CT molecular complexity index is 967. The van der Waals surface area contributed by atoms with Crippen molar-refractivity contribution in [2.75, 3.05) is 0 Å². The molecule has 1 unspecified atom stereocenters. The van der Waals surface area contributed by atoms with Crippen molar-refractivity contribution in [1.29, 1.82) is 0 Å². The quantitative estimate of drug-likeness (QED) is 0.728. The van der Waals surface area contributed by atoms with Gasteiger partial charge in [-0.3, -0.25) is 9.36 Å². The molecule has 1 aromatic heterocycles. The molecule has 22 heavy (non-hydrogen) atoms. The van der Waals surface area contributed by atoms with Gasteiger partial charge in [0.1, 0.15) is 0 Å². The van der Waals surface area contributed by atoms with Gasteiger partial charge in [-0.1, -0.05) is 49.4 Å². The molecule has 4 nitrogen and oxygen atoms in total. The van der Waals surface area contributed by atoms with Gasteiger partial charge in [0, 0.05) is 31.8 Å². The van der Waals surface area contributed by atoms with E-state index in [2.05, 4.69) is 30.3 Å². The van der Waals surface area contributed by atoms with Gasteiger partial charge in [0.2, 0.25) is 0 Å². The Kier molecular flexibility index (Phi) is 3.45. The molecule has 0 amide bonds. The van der Waals surface area contributed by atoms with Crippen molar-refractivity contribution in [3.8, 4) is 0 Å². The standard InChI is InChI=1S/C18H18N2O2/c1-12(16-11-17(21)20(3)18(22)19(16)2)14-9-8-13-6-4-5-7-15(13)10-14/h4-12H,1-3H3. The number of aromatic nitrogens is 2. The number of rotatable bonds is 2. The molecule has 0 N–H and O–H groups in total. The average molecular weight is 294 g/mol. The molecule has 4 heteroatoms. The summed E-state index contributed by atoms with van der Waals surface area (Å²) in [4.78, 5) is 24.0. The number of nitrogens with zero attached hydrogens (tertiary/aromatic N) is 2. The van der Waals surface area contributed by atoms with Crippen LogP contribution in [-0.4, -0.2) is 9.13 Å². The van der Waals surface area contributed by atoms with Crippen molar-refractivity contribution in [2.24, 2.45) is 14.1 Å². The predicted octanol–water partition coefficient (Wildman–Crippen LogP) is 2.39. The van der Waals surface area contributed by atoms with Gasteiger partial charge in [0.25, 0.3) is 5.56 Å². The molecule has 0 aliphatic rings. The first-order valence-electron chi connectivity index (χ1n) is 7.24. The van der Waals surface area contributed by atoms with Gasteiger partial charge in [-0.2, -0.15) is 0 Å². The molecule has 1 atom stereocenters. The summed E-state index contributed by atoms with van der Waals surface area (Å²) in [6, 6.07) is 15.9. The van der Waals surface area contributed by atoms with Gasteiger partial charge in [0.15, 0.2) is 0 Å². The van der Waals surface area contributed by atoms with E-state index < -0.39 is 0 Å². The van der Waals surface area contributed by atoms with E-state index in [1.165, 1.54) is 12.4 Å². The van der Waals surface area contributed by atoms with Gasteiger partial charge in [0.05, 0.1) is 0 Å². The highest BCUT2D eigenvalue weighted by molar-refractivity contribution is 5.83. The molecule has 0 aliphatic carbocycles. The van der Waals surface area contributed by atoms with Crippen LogP contribution >= 0.6 is 0 Å². The van der Waals surface area contributed by atoms with Crippen LogP contribution in [0.3, 0.4) is 0 Å². The number of benzene rings is 2. The summed E-state index contributed by atoms with van der Waals surface area (Å²) in [5, 5.41) is 2.33. The third kappa shape index (κ3) is 2.26. The Morgan fingerprint density at radius 2 is 1.55 bits per heavy atom. The summed E-state index contributed by atoms with van der Waals surface area (Å²) in [6.07, 6.45) is 0. The Morgan fingerprint density at radius 1 is 0.864 bits per heavy atom. The Hall–Kier alpha value is -2.62. The highest BCUT2D eigenvalue weighted by Crippen LogP contribution is 2.25. The highest BCUT2D eigenvalue weighted by atomic mass is 16.2. The van der Waals surface area contributed by atoms with Crippen molar-refractivity contribution in [3.63, 3.8) is 0 Å². The molecule has 3 rings (SSSR count). The SMILES string of the molecule is CC(c1ccc2ccccc2c1)c1cc(=O)n(C)c(=O)n1C. The minimum absolute atomic E-state index is 0.0313. The first kappa shape index (κ1) is 14.3. The van der Waals surface area contributed by atoms with Crippen molar-refractivity contribution in [1.82, 2.24) is 9.13 Å². The fraction of sp³-hybridized carbons (Fsp3) is 0.222. The number of hydrogen-bond acceptors (Lipinski definition) is 2. The molecule has 0 saturated carbocycles. The zero-order valence-electron chi connectivity index (χ0n) is 12.9. The molecule has 0 bridgehead atoms. The molecule has 0 radical (unpaired) electrons. The van der Waals surface area contributed by atoms with E-state index in [-0.39, 0.29) is 17.2 Å². The van der Waals surface area contributed by atoms with Crippen LogP contribution in [0.5, 0.6) is 0 Å². The van der Waals surface area contributed by atoms with Crippen LogP contribution < -0.4 is 11.2 Å². The second-order valence-corrected chi connectivity index (χ2v) is 5.64. The molecule has 3 aromatic rings. The van der Waals surface area contributed by atoms with Crippen molar-refractivity contribution in [3.05, 3.63) is 80.6 Å². The van der Waals surface area contributed by atoms with E-state index in [1.807, 2.05) is 19.1 Å². The zero-order chi connectivity index (χ0) is 15.9. The van der Waals surface area contributed by atoms with Gasteiger partial charge < -0.3 is 4.57 Å². The Morgan fingerprint density at radius 3 is 2.27 bits per heavy atom. The molecule has 0 saturated heterocycles. The van der Waals surface area contributed by atoms with Crippen LogP contribution in [0.4, 0.5) is 0 Å². The van der Waals surface area contributed by atoms with Gasteiger partial charge in [-0.25, -0.2) is 4.79 Å². The molecule has 0 spiro atoms. The van der Waals surface area contributed by atoms with Crippen LogP contribution in [-0.2, 0) is 14.1 Å². The third-order valence-electron chi connectivity index (χ3n) is 4.28. The molecular weight excluding hydrogens is 276 g/mol. The van der Waals surface area contributed by atoms with Crippen LogP contribution in [0, 0.1) is 0 Å². The fourth-order valence-corrected chi connectivity index (χ4v) is 2.81. The highest BCUT2D eigenvalue weighted by Gasteiger charge is 2.15. The number of fused-ring (bicyclic) bond motifs is 1. The van der Waals surface area contributed by atoms with Crippen molar-refractivity contribution in [2.45, 2.75) is 12.8 Å². The molecule has 1 heterocycles. The monoisotopic (exact) mass is 294 g/mol. The molecule has 2 aromatic carbocycles. The Balaban J connectivity index is 2.15. The largest absolute Gasteiger partial charge is 0.330 e. The second kappa shape index (κ2) is 5.30. The third-order valence-corrected chi connectivity index (χ3v) is 4.28. The van der Waals surface area contributed by atoms with E-state index in [1.54, 1.807) is 17.7 Å². The van der Waals surface area contributed by atoms with E-state index in [4.69, 9.17) is 0 Å². The predicted molar refractivity (Wildman–Crippen MR) is 88.4 cm³/mol. The van der Waals surface area contributed by atoms with Gasteiger partial charge in [-0.05, 0) is 16.3 Å². The minimum atomic E-state index is -0.296. The van der Waals surface area contributed by atoms with Crippen LogP contribution in [0.2, 0.25) is 0 Å². The first-order chi connectivity index (χ1) is 10.5. The summed E-state index contributed by atoms with van der Waals surface area (Å²) in [5.74, 6) is -0.0313. The summed E-state index contributed by atoms with van der Waals surface area (Å²) >= 11 is 0. The molecule has 0 aliphatic heterocycles. The molecule has 112 valence electrons. The lowest BCUT2D eigenvalue weighted by Gasteiger charge is -2.17. The van der Waals surface area contributed by atoms with E-state index in [0.717, 1.165) is 21.2 Å². The normalized spacial score (nSPS) is 12.5. The lowest BCUT2D eigenvalue weighted by Crippen LogP contribution is -2.38. The maximum Gasteiger partial charge on any atom is 0.330 e. The summed E-state index contributed by atoms with van der Waals surface area (Å²) in [7, 11) is 3.20. The van der Waals surface area contributed by atoms with E-state index in [0.29, 0.717) is 0 Å². The maximum absolute atomic E-state index is 12.1. The van der Waals surface area contributed by atoms with Crippen LogP contribution in [0.25, 0.3) is 10.8 Å². The topological polar surface area (TPSA) is 44.0 Å². The van der Waals surface area contributed by atoms with Gasteiger partial charge >= 0.3 is 5.69 Å². The summed E-state index contributed by atoms with van der Waals surface area (Å²) < 4.78 is 2.66. The summed E-state index contributed by atoms with van der Waals surface area (Å²) in [5.41, 5.74) is 1.24. The smallest absolute Gasteiger partial charge is 0.300 e. The second-order valence-electron chi connectivity index (χ2n) is 5.64. The van der Waals surface area contributed by atoms with Crippen LogP contribution in [0.15, 0.2) is 58.1 Å². The van der Waals surface area contributed by atoms with E-state index >= 15 is 0 Å².